The minimum absolute atomic E-state index is 0.463. The van der Waals surface area contributed by atoms with E-state index in [1.807, 2.05) is 24.4 Å². The van der Waals surface area contributed by atoms with Crippen LogP contribution in [0, 0.1) is 0 Å². The van der Waals surface area contributed by atoms with Crippen molar-refractivity contribution in [1.82, 2.24) is 25.3 Å². The molecule has 4 rings (SSSR count). The second kappa shape index (κ2) is 7.09. The van der Waals surface area contributed by atoms with E-state index in [2.05, 4.69) is 37.2 Å². The first kappa shape index (κ1) is 16.5. The van der Waals surface area contributed by atoms with Crippen LogP contribution in [0.25, 0.3) is 5.57 Å². The Morgan fingerprint density at radius 2 is 2.00 bits per heavy atom. The number of aldehydes is 1. The van der Waals surface area contributed by atoms with E-state index in [-0.39, 0.29) is 0 Å². The highest BCUT2D eigenvalue weighted by Gasteiger charge is 2.30. The number of carbonyl (C=O) groups excluding carboxylic acids is 1. The van der Waals surface area contributed by atoms with Crippen LogP contribution in [-0.2, 0) is 4.79 Å². The number of hydrazine groups is 1. The first-order valence-electron chi connectivity index (χ1n) is 8.63. The fourth-order valence-corrected chi connectivity index (χ4v) is 3.25. The third-order valence-corrected chi connectivity index (χ3v) is 4.79. The first-order valence-corrected chi connectivity index (χ1v) is 8.63. The molecule has 0 amide bonds. The van der Waals surface area contributed by atoms with Crippen molar-refractivity contribution in [2.45, 2.75) is 6.04 Å². The number of hydrogen-bond donors (Lipinski definition) is 1. The Bertz CT molecular complexity index is 802. The lowest BCUT2D eigenvalue weighted by molar-refractivity contribution is -0.107. The predicted octanol–water partition coefficient (Wildman–Crippen LogP) is 0.557. The monoisotopic (exact) mass is 351 g/mol. The SMILES string of the molecule is CN1CCN(c2cc(N3NC=C(c4cccnc4)C3C=O)ncn2)CC1. The second-order valence-electron chi connectivity index (χ2n) is 6.45. The number of nitrogens with zero attached hydrogens (tertiary/aromatic N) is 6. The molecule has 2 aliphatic heterocycles. The number of carbonyl (C=O) groups is 1. The molecular formula is C18H21N7O. The zero-order chi connectivity index (χ0) is 17.9. The zero-order valence-electron chi connectivity index (χ0n) is 14.6. The van der Waals surface area contributed by atoms with Crippen LogP contribution in [0.5, 0.6) is 0 Å². The molecule has 1 saturated heterocycles. The van der Waals surface area contributed by atoms with Crippen molar-refractivity contribution >= 4 is 23.5 Å². The molecule has 2 aromatic rings. The molecule has 2 aliphatic rings. The average molecular weight is 351 g/mol. The normalized spacial score (nSPS) is 20.7. The largest absolute Gasteiger partial charge is 0.354 e. The van der Waals surface area contributed by atoms with E-state index >= 15 is 0 Å². The van der Waals surface area contributed by atoms with Crippen LogP contribution in [0.2, 0.25) is 0 Å². The highest BCUT2D eigenvalue weighted by atomic mass is 16.1. The minimum Gasteiger partial charge on any atom is -0.354 e. The van der Waals surface area contributed by atoms with Gasteiger partial charge in [0.05, 0.1) is 0 Å². The van der Waals surface area contributed by atoms with Crippen molar-refractivity contribution < 1.29 is 4.79 Å². The van der Waals surface area contributed by atoms with E-state index in [1.54, 1.807) is 23.7 Å². The Morgan fingerprint density at radius 1 is 1.19 bits per heavy atom. The number of hydrogen-bond acceptors (Lipinski definition) is 8. The molecule has 1 unspecified atom stereocenters. The minimum atomic E-state index is -0.463. The fraction of sp³-hybridized carbons (Fsp3) is 0.333. The standard InChI is InChI=1S/C18H21N7O/c1-23-5-7-24(8-6-23)17-9-18(21-13-20-17)25-16(12-26)15(11-22-25)14-3-2-4-19-10-14/h2-4,9-13,16,22H,5-8H2,1H3. The number of rotatable bonds is 4. The summed E-state index contributed by atoms with van der Waals surface area (Å²) in [5.74, 6) is 1.55. The Labute approximate surface area is 152 Å². The highest BCUT2D eigenvalue weighted by molar-refractivity contribution is 5.89. The molecule has 26 heavy (non-hydrogen) atoms. The number of likely N-dealkylation sites (N-methyl/N-ethyl adjacent to an activating group) is 1. The van der Waals surface area contributed by atoms with Crippen molar-refractivity contribution in [2.75, 3.05) is 43.1 Å². The van der Waals surface area contributed by atoms with E-state index < -0.39 is 6.04 Å². The Hall–Kier alpha value is -3.00. The van der Waals surface area contributed by atoms with Gasteiger partial charge in [0.15, 0.2) is 5.82 Å². The summed E-state index contributed by atoms with van der Waals surface area (Å²) in [6, 6.07) is 5.26. The van der Waals surface area contributed by atoms with Gasteiger partial charge in [-0.05, 0) is 13.1 Å². The van der Waals surface area contributed by atoms with Crippen LogP contribution >= 0.6 is 0 Å². The molecule has 1 atom stereocenters. The van der Waals surface area contributed by atoms with E-state index in [0.29, 0.717) is 5.82 Å². The Kier molecular flexibility index (Phi) is 4.49. The maximum absolute atomic E-state index is 11.8. The Morgan fingerprint density at radius 3 is 2.73 bits per heavy atom. The summed E-state index contributed by atoms with van der Waals surface area (Å²) in [4.78, 5) is 29.3. The number of anilines is 2. The van der Waals surface area contributed by atoms with Crippen LogP contribution in [0.4, 0.5) is 11.6 Å². The lowest BCUT2D eigenvalue weighted by Gasteiger charge is -2.33. The third-order valence-electron chi connectivity index (χ3n) is 4.79. The smallest absolute Gasteiger partial charge is 0.153 e. The van der Waals surface area contributed by atoms with Crippen LogP contribution < -0.4 is 15.3 Å². The van der Waals surface area contributed by atoms with E-state index in [1.165, 1.54) is 0 Å². The molecule has 0 radical (unpaired) electrons. The van der Waals surface area contributed by atoms with Crippen molar-refractivity contribution in [3.63, 3.8) is 0 Å². The van der Waals surface area contributed by atoms with Crippen LogP contribution in [-0.4, -0.2) is 65.4 Å². The molecule has 0 saturated carbocycles. The van der Waals surface area contributed by atoms with Crippen molar-refractivity contribution in [2.24, 2.45) is 0 Å². The van der Waals surface area contributed by atoms with Gasteiger partial charge in [0.2, 0.25) is 0 Å². The molecule has 134 valence electrons. The number of piperazine rings is 1. The van der Waals surface area contributed by atoms with Gasteiger partial charge >= 0.3 is 0 Å². The van der Waals surface area contributed by atoms with Crippen molar-refractivity contribution in [3.05, 3.63) is 48.7 Å². The van der Waals surface area contributed by atoms with Gasteiger partial charge in [-0.3, -0.25) is 9.99 Å². The molecule has 0 spiro atoms. The van der Waals surface area contributed by atoms with Crippen LogP contribution in [0.15, 0.2) is 43.1 Å². The summed E-state index contributed by atoms with van der Waals surface area (Å²) < 4.78 is 0. The number of aromatic nitrogens is 3. The number of pyridine rings is 1. The fourth-order valence-electron chi connectivity index (χ4n) is 3.25. The molecule has 0 aromatic carbocycles. The lowest BCUT2D eigenvalue weighted by atomic mass is 10.0. The van der Waals surface area contributed by atoms with E-state index in [4.69, 9.17) is 0 Å². The van der Waals surface area contributed by atoms with E-state index in [0.717, 1.165) is 49.4 Å². The molecule has 8 nitrogen and oxygen atoms in total. The summed E-state index contributed by atoms with van der Waals surface area (Å²) in [5, 5.41) is 1.76. The number of nitrogens with one attached hydrogen (secondary N) is 1. The summed E-state index contributed by atoms with van der Waals surface area (Å²) in [6.45, 7) is 3.86. The van der Waals surface area contributed by atoms with Gasteiger partial charge in [-0.2, -0.15) is 0 Å². The van der Waals surface area contributed by atoms with Gasteiger partial charge in [0, 0.05) is 62.0 Å². The van der Waals surface area contributed by atoms with Crippen molar-refractivity contribution in [3.8, 4) is 0 Å². The summed E-state index contributed by atoms with van der Waals surface area (Å²) >= 11 is 0. The first-order chi connectivity index (χ1) is 12.8. The third kappa shape index (κ3) is 3.11. The van der Waals surface area contributed by atoms with Gasteiger partial charge in [0.1, 0.15) is 24.5 Å². The molecule has 2 aromatic heterocycles. The van der Waals surface area contributed by atoms with Gasteiger partial charge in [0.25, 0.3) is 0 Å². The zero-order valence-corrected chi connectivity index (χ0v) is 14.6. The van der Waals surface area contributed by atoms with Gasteiger partial charge in [-0.15, -0.1) is 0 Å². The van der Waals surface area contributed by atoms with E-state index in [9.17, 15) is 4.79 Å². The van der Waals surface area contributed by atoms with Gasteiger partial charge in [-0.25, -0.2) is 9.97 Å². The van der Waals surface area contributed by atoms with Gasteiger partial charge < -0.3 is 20.0 Å². The maximum atomic E-state index is 11.8. The molecular weight excluding hydrogens is 330 g/mol. The quantitative estimate of drug-likeness (QED) is 0.801. The lowest BCUT2D eigenvalue weighted by Crippen LogP contribution is -2.45. The van der Waals surface area contributed by atoms with Gasteiger partial charge in [-0.1, -0.05) is 6.07 Å². The summed E-state index contributed by atoms with van der Waals surface area (Å²) in [5.41, 5.74) is 4.93. The topological polar surface area (TPSA) is 77.5 Å². The molecule has 4 heterocycles. The molecule has 0 bridgehead atoms. The van der Waals surface area contributed by atoms with Crippen LogP contribution in [0.1, 0.15) is 5.56 Å². The average Bonchev–Trinajstić information content (AvgIpc) is 3.13. The predicted molar refractivity (Wildman–Crippen MR) is 99.4 cm³/mol. The van der Waals surface area contributed by atoms with Crippen molar-refractivity contribution in [1.29, 1.82) is 0 Å². The Balaban J connectivity index is 1.56. The summed E-state index contributed by atoms with van der Waals surface area (Å²) in [7, 11) is 2.12. The molecule has 8 heteroatoms. The second-order valence-corrected chi connectivity index (χ2v) is 6.45. The highest BCUT2D eigenvalue weighted by Crippen LogP contribution is 2.28. The summed E-state index contributed by atoms with van der Waals surface area (Å²) in [6.07, 6.45) is 7.76. The maximum Gasteiger partial charge on any atom is 0.153 e. The molecule has 1 fully saturated rings. The molecule has 1 N–H and O–H groups in total. The van der Waals surface area contributed by atoms with Crippen LogP contribution in [0.3, 0.4) is 0 Å². The molecule has 0 aliphatic carbocycles.